The highest BCUT2D eigenvalue weighted by Gasteiger charge is 2.20. The average Bonchev–Trinajstić information content (AvgIpc) is 2.90. The van der Waals surface area contributed by atoms with Crippen LogP contribution in [0, 0.1) is 5.92 Å². The Bertz CT molecular complexity index is 961. The molecule has 1 saturated carbocycles. The molecule has 1 amide bonds. The molecule has 0 aromatic heterocycles. The number of carbonyl (C=O) groups is 1. The third-order valence-corrected chi connectivity index (χ3v) is 7.53. The van der Waals surface area contributed by atoms with E-state index in [1.807, 2.05) is 30.9 Å². The van der Waals surface area contributed by atoms with Crippen molar-refractivity contribution in [3.8, 4) is 0 Å². The Kier molecular flexibility index (Phi) is 8.81. The van der Waals surface area contributed by atoms with Gasteiger partial charge in [0, 0.05) is 36.4 Å². The second-order valence-electron chi connectivity index (χ2n) is 9.71. The van der Waals surface area contributed by atoms with Crippen molar-refractivity contribution in [3.05, 3.63) is 70.8 Å². The zero-order chi connectivity index (χ0) is 23.8. The summed E-state index contributed by atoms with van der Waals surface area (Å²) in [6.45, 7) is 8.64. The fourth-order valence-electron chi connectivity index (χ4n) is 5.50. The van der Waals surface area contributed by atoms with Crippen molar-refractivity contribution < 1.29 is 4.79 Å². The number of hydrogen-bond donors (Lipinski definition) is 2. The van der Waals surface area contributed by atoms with Crippen molar-refractivity contribution in [2.45, 2.75) is 58.8 Å². The summed E-state index contributed by atoms with van der Waals surface area (Å²) < 4.78 is 0. The summed E-state index contributed by atoms with van der Waals surface area (Å²) >= 11 is 0. The van der Waals surface area contributed by atoms with Crippen LogP contribution in [0.2, 0.25) is 0 Å². The number of rotatable bonds is 8. The summed E-state index contributed by atoms with van der Waals surface area (Å²) in [6.07, 6.45) is 8.94. The van der Waals surface area contributed by atoms with Gasteiger partial charge in [-0.25, -0.2) is 0 Å². The molecule has 1 aliphatic heterocycles. The van der Waals surface area contributed by atoms with Gasteiger partial charge >= 0.3 is 0 Å². The van der Waals surface area contributed by atoms with E-state index in [0.717, 1.165) is 57.0 Å². The number of para-hydroxylation sites is 1. The van der Waals surface area contributed by atoms with Crippen LogP contribution in [0.4, 0.5) is 5.69 Å². The SMILES string of the molecule is CCN(CC)C(=O)c1ccc(C(=C2CCNCC2)c2ccccc2NCC2CCCCC2)cc1. The lowest BCUT2D eigenvalue weighted by Gasteiger charge is -2.25. The number of hydrogen-bond acceptors (Lipinski definition) is 3. The van der Waals surface area contributed by atoms with Gasteiger partial charge in [0.25, 0.3) is 5.91 Å². The molecule has 34 heavy (non-hydrogen) atoms. The zero-order valence-corrected chi connectivity index (χ0v) is 21.0. The van der Waals surface area contributed by atoms with E-state index in [0.29, 0.717) is 0 Å². The van der Waals surface area contributed by atoms with Crippen molar-refractivity contribution in [2.75, 3.05) is 38.0 Å². The first kappa shape index (κ1) is 24.5. The van der Waals surface area contributed by atoms with Gasteiger partial charge in [-0.3, -0.25) is 4.79 Å². The maximum absolute atomic E-state index is 12.8. The van der Waals surface area contributed by atoms with Crippen LogP contribution in [0.25, 0.3) is 5.57 Å². The van der Waals surface area contributed by atoms with Gasteiger partial charge in [-0.2, -0.15) is 0 Å². The normalized spacial score (nSPS) is 16.8. The maximum atomic E-state index is 12.8. The largest absolute Gasteiger partial charge is 0.384 e. The topological polar surface area (TPSA) is 44.4 Å². The molecule has 182 valence electrons. The minimum Gasteiger partial charge on any atom is -0.384 e. The van der Waals surface area contributed by atoms with E-state index in [2.05, 4.69) is 47.0 Å². The molecule has 0 atom stereocenters. The van der Waals surface area contributed by atoms with E-state index in [-0.39, 0.29) is 5.91 Å². The van der Waals surface area contributed by atoms with Crippen LogP contribution >= 0.6 is 0 Å². The molecule has 2 aromatic carbocycles. The lowest BCUT2D eigenvalue weighted by molar-refractivity contribution is 0.0773. The molecule has 0 bridgehead atoms. The third kappa shape index (κ3) is 5.90. The quantitative estimate of drug-likeness (QED) is 0.484. The van der Waals surface area contributed by atoms with Gasteiger partial charge in [-0.15, -0.1) is 0 Å². The second kappa shape index (κ2) is 12.2. The Morgan fingerprint density at radius 3 is 2.24 bits per heavy atom. The Labute approximate surface area is 205 Å². The molecule has 4 rings (SSSR count). The summed E-state index contributed by atoms with van der Waals surface area (Å²) in [5.74, 6) is 0.893. The monoisotopic (exact) mass is 459 g/mol. The van der Waals surface area contributed by atoms with Crippen molar-refractivity contribution >= 4 is 17.2 Å². The van der Waals surface area contributed by atoms with Crippen LogP contribution in [-0.2, 0) is 0 Å². The first-order valence-corrected chi connectivity index (χ1v) is 13.4. The molecule has 1 aliphatic carbocycles. The van der Waals surface area contributed by atoms with Crippen molar-refractivity contribution in [3.63, 3.8) is 0 Å². The molecule has 0 radical (unpaired) electrons. The van der Waals surface area contributed by atoms with Gasteiger partial charge in [-0.1, -0.05) is 55.2 Å². The molecule has 2 aromatic rings. The van der Waals surface area contributed by atoms with Crippen molar-refractivity contribution in [2.24, 2.45) is 5.92 Å². The highest BCUT2D eigenvalue weighted by Crippen LogP contribution is 2.36. The maximum Gasteiger partial charge on any atom is 0.253 e. The first-order valence-electron chi connectivity index (χ1n) is 13.4. The highest BCUT2D eigenvalue weighted by atomic mass is 16.2. The molecular weight excluding hydrogens is 418 g/mol. The molecule has 4 heteroatoms. The van der Waals surface area contributed by atoms with E-state index in [1.54, 1.807) is 0 Å². The summed E-state index contributed by atoms with van der Waals surface area (Å²) in [7, 11) is 0. The first-order chi connectivity index (χ1) is 16.7. The molecule has 4 nitrogen and oxygen atoms in total. The number of nitrogens with one attached hydrogen (secondary N) is 2. The summed E-state index contributed by atoms with van der Waals surface area (Å²) in [6, 6.07) is 17.1. The van der Waals surface area contributed by atoms with Gasteiger partial charge in [0.2, 0.25) is 0 Å². The van der Waals surface area contributed by atoms with Crippen LogP contribution in [0.3, 0.4) is 0 Å². The lowest BCUT2D eigenvalue weighted by Crippen LogP contribution is -2.30. The van der Waals surface area contributed by atoms with Crippen LogP contribution in [0.5, 0.6) is 0 Å². The molecule has 1 saturated heterocycles. The van der Waals surface area contributed by atoms with Gasteiger partial charge < -0.3 is 15.5 Å². The Morgan fingerprint density at radius 1 is 0.912 bits per heavy atom. The summed E-state index contributed by atoms with van der Waals surface area (Å²) in [4.78, 5) is 14.7. The summed E-state index contributed by atoms with van der Waals surface area (Å²) in [5.41, 5.74) is 7.35. The van der Waals surface area contributed by atoms with E-state index >= 15 is 0 Å². The molecular formula is C30H41N3O. The van der Waals surface area contributed by atoms with Gasteiger partial charge in [0.15, 0.2) is 0 Å². The number of benzene rings is 2. The minimum atomic E-state index is 0.113. The van der Waals surface area contributed by atoms with Crippen LogP contribution in [0.15, 0.2) is 54.1 Å². The summed E-state index contributed by atoms with van der Waals surface area (Å²) in [5, 5.41) is 7.33. The van der Waals surface area contributed by atoms with Crippen molar-refractivity contribution in [1.29, 1.82) is 0 Å². The fraction of sp³-hybridized carbons (Fsp3) is 0.500. The fourth-order valence-corrected chi connectivity index (χ4v) is 5.50. The van der Waals surface area contributed by atoms with Crippen molar-refractivity contribution in [1.82, 2.24) is 10.2 Å². The number of anilines is 1. The predicted molar refractivity (Wildman–Crippen MR) is 143 cm³/mol. The Morgan fingerprint density at radius 2 is 1.56 bits per heavy atom. The van der Waals surface area contributed by atoms with E-state index in [9.17, 15) is 4.79 Å². The number of carbonyl (C=O) groups excluding carboxylic acids is 1. The standard InChI is InChI=1S/C30H41N3O/c1-3-33(4-2)30(34)26-16-14-24(15-17-26)29(25-18-20-31-21-19-25)27-12-8-9-13-28(27)32-22-23-10-6-5-7-11-23/h8-9,12-17,23,31-32H,3-7,10-11,18-22H2,1-2H3. The molecule has 2 fully saturated rings. The number of piperidine rings is 1. The zero-order valence-electron chi connectivity index (χ0n) is 21.0. The average molecular weight is 460 g/mol. The third-order valence-electron chi connectivity index (χ3n) is 7.53. The number of amides is 1. The van der Waals surface area contributed by atoms with Crippen LogP contribution in [0.1, 0.15) is 80.3 Å². The Balaban J connectivity index is 1.65. The molecule has 2 N–H and O–H groups in total. The minimum absolute atomic E-state index is 0.113. The van der Waals surface area contributed by atoms with Gasteiger partial charge in [-0.05, 0) is 87.9 Å². The van der Waals surface area contributed by atoms with E-state index < -0.39 is 0 Å². The molecule has 0 unspecified atom stereocenters. The van der Waals surface area contributed by atoms with Crippen LogP contribution in [-0.4, -0.2) is 43.5 Å². The molecule has 1 heterocycles. The van der Waals surface area contributed by atoms with Crippen LogP contribution < -0.4 is 10.6 Å². The molecule has 2 aliphatic rings. The smallest absolute Gasteiger partial charge is 0.253 e. The second-order valence-corrected chi connectivity index (χ2v) is 9.71. The van der Waals surface area contributed by atoms with Gasteiger partial charge in [0.05, 0.1) is 0 Å². The molecule has 0 spiro atoms. The van der Waals surface area contributed by atoms with Gasteiger partial charge in [0.1, 0.15) is 0 Å². The highest BCUT2D eigenvalue weighted by molar-refractivity contribution is 5.95. The van der Waals surface area contributed by atoms with E-state index in [4.69, 9.17) is 0 Å². The Hall–Kier alpha value is -2.59. The lowest BCUT2D eigenvalue weighted by atomic mass is 9.87. The van der Waals surface area contributed by atoms with E-state index in [1.165, 1.54) is 60.1 Å². The predicted octanol–water partition coefficient (Wildman–Crippen LogP) is 6.35. The number of nitrogens with zero attached hydrogens (tertiary/aromatic N) is 1.